The third kappa shape index (κ3) is 4.20. The molecule has 0 aromatic heterocycles. The minimum Gasteiger partial charge on any atom is -0.299 e. The first-order valence-corrected chi connectivity index (χ1v) is 7.35. The maximum absolute atomic E-state index is 13.4. The summed E-state index contributed by atoms with van der Waals surface area (Å²) in [4.78, 5) is 12.2. The molecule has 0 heterocycles. The quantitative estimate of drug-likeness (QED) is 0.698. The molecule has 1 aromatic rings. The van der Waals surface area contributed by atoms with Gasteiger partial charge in [-0.25, -0.2) is 4.39 Å². The summed E-state index contributed by atoms with van der Waals surface area (Å²) in [5.41, 5.74) is 0.747. The lowest BCUT2D eigenvalue weighted by atomic mass is 9.90. The van der Waals surface area contributed by atoms with Crippen molar-refractivity contribution in [2.24, 2.45) is 5.92 Å². The van der Waals surface area contributed by atoms with Gasteiger partial charge in [-0.2, -0.15) is 0 Å². The lowest BCUT2D eigenvalue weighted by Gasteiger charge is -2.14. The summed E-state index contributed by atoms with van der Waals surface area (Å²) in [5, 5.41) is 0. The van der Waals surface area contributed by atoms with Crippen molar-refractivity contribution in [3.8, 4) is 0 Å². The van der Waals surface area contributed by atoms with E-state index in [2.05, 4.69) is 29.8 Å². The molecule has 3 heteroatoms. The summed E-state index contributed by atoms with van der Waals surface area (Å²) in [6.07, 6.45) is 4.21. The number of carbonyl (C=O) groups excluding carboxylic acids is 1. The average Bonchev–Trinajstić information content (AvgIpc) is 2.34. The average molecular weight is 315 g/mol. The standard InChI is InChI=1S/C15H20BrFO/c1-3-6-11(7-4-2)14(18)10-12-8-5-9-13(17)15(12)16/h5,8-9,11H,3-4,6-7,10H2,1-2H3. The number of benzene rings is 1. The van der Waals surface area contributed by atoms with Crippen molar-refractivity contribution < 1.29 is 9.18 Å². The summed E-state index contributed by atoms with van der Waals surface area (Å²) < 4.78 is 13.8. The van der Waals surface area contributed by atoms with Crippen LogP contribution in [-0.4, -0.2) is 5.78 Å². The highest BCUT2D eigenvalue weighted by atomic mass is 79.9. The molecule has 0 spiro atoms. The Labute approximate surface area is 117 Å². The molecule has 0 bridgehead atoms. The Balaban J connectivity index is 2.75. The van der Waals surface area contributed by atoms with Gasteiger partial charge in [0.05, 0.1) is 4.47 Å². The summed E-state index contributed by atoms with van der Waals surface area (Å²) in [6, 6.07) is 4.85. The number of rotatable bonds is 7. The first-order valence-electron chi connectivity index (χ1n) is 6.55. The zero-order valence-corrected chi connectivity index (χ0v) is 12.6. The fourth-order valence-electron chi connectivity index (χ4n) is 2.18. The molecule has 100 valence electrons. The molecule has 0 atom stereocenters. The third-order valence-electron chi connectivity index (χ3n) is 3.13. The van der Waals surface area contributed by atoms with Crippen LogP contribution in [0.3, 0.4) is 0 Å². The van der Waals surface area contributed by atoms with Crippen LogP contribution in [0.1, 0.15) is 45.1 Å². The van der Waals surface area contributed by atoms with Crippen LogP contribution in [0.25, 0.3) is 0 Å². The Morgan fingerprint density at radius 2 is 1.89 bits per heavy atom. The molecule has 0 amide bonds. The number of ketones is 1. The molecule has 0 aliphatic rings. The molecule has 0 unspecified atom stereocenters. The van der Waals surface area contributed by atoms with E-state index >= 15 is 0 Å². The van der Waals surface area contributed by atoms with Gasteiger partial charge in [0.25, 0.3) is 0 Å². The molecule has 0 radical (unpaired) electrons. The van der Waals surface area contributed by atoms with Crippen molar-refractivity contribution in [3.05, 3.63) is 34.1 Å². The van der Waals surface area contributed by atoms with Crippen molar-refractivity contribution in [1.29, 1.82) is 0 Å². The van der Waals surface area contributed by atoms with Gasteiger partial charge in [0.2, 0.25) is 0 Å². The Bertz CT molecular complexity index is 397. The number of hydrogen-bond acceptors (Lipinski definition) is 1. The predicted molar refractivity (Wildman–Crippen MR) is 76.1 cm³/mol. The molecule has 0 saturated carbocycles. The minimum atomic E-state index is -0.303. The number of halogens is 2. The highest BCUT2D eigenvalue weighted by Gasteiger charge is 2.18. The van der Waals surface area contributed by atoms with Gasteiger partial charge in [-0.3, -0.25) is 4.79 Å². The first-order chi connectivity index (χ1) is 8.60. The topological polar surface area (TPSA) is 17.1 Å². The van der Waals surface area contributed by atoms with Gasteiger partial charge in [0, 0.05) is 12.3 Å². The molecule has 0 aliphatic heterocycles. The van der Waals surface area contributed by atoms with E-state index in [1.165, 1.54) is 6.07 Å². The SMILES string of the molecule is CCCC(CCC)C(=O)Cc1cccc(F)c1Br. The molecule has 1 rings (SSSR count). The van der Waals surface area contributed by atoms with E-state index in [0.717, 1.165) is 31.2 Å². The Morgan fingerprint density at radius 3 is 2.44 bits per heavy atom. The van der Waals surface area contributed by atoms with Crippen LogP contribution in [0.4, 0.5) is 4.39 Å². The lowest BCUT2D eigenvalue weighted by molar-refractivity contribution is -0.122. The van der Waals surface area contributed by atoms with E-state index in [4.69, 9.17) is 0 Å². The van der Waals surface area contributed by atoms with Crippen LogP contribution < -0.4 is 0 Å². The smallest absolute Gasteiger partial charge is 0.140 e. The molecule has 0 fully saturated rings. The molecule has 1 nitrogen and oxygen atoms in total. The van der Waals surface area contributed by atoms with Crippen molar-refractivity contribution in [1.82, 2.24) is 0 Å². The molecular weight excluding hydrogens is 295 g/mol. The summed E-state index contributed by atoms with van der Waals surface area (Å²) in [7, 11) is 0. The van der Waals surface area contributed by atoms with Crippen LogP contribution in [0.15, 0.2) is 22.7 Å². The van der Waals surface area contributed by atoms with Crippen LogP contribution in [0.5, 0.6) is 0 Å². The van der Waals surface area contributed by atoms with Gasteiger partial charge in [-0.05, 0) is 40.4 Å². The second kappa shape index (κ2) is 7.67. The molecule has 1 aromatic carbocycles. The molecule has 0 saturated heterocycles. The highest BCUT2D eigenvalue weighted by Crippen LogP contribution is 2.24. The van der Waals surface area contributed by atoms with Crippen LogP contribution >= 0.6 is 15.9 Å². The van der Waals surface area contributed by atoms with Gasteiger partial charge in [0.1, 0.15) is 11.6 Å². The fraction of sp³-hybridized carbons (Fsp3) is 0.533. The second-order valence-electron chi connectivity index (χ2n) is 4.63. The number of Topliss-reactive ketones (excluding diaryl/α,β-unsaturated/α-hetero) is 1. The molecule has 18 heavy (non-hydrogen) atoms. The number of carbonyl (C=O) groups is 1. The van der Waals surface area contributed by atoms with Gasteiger partial charge in [0.15, 0.2) is 0 Å². The molecule has 0 N–H and O–H groups in total. The fourth-order valence-corrected chi connectivity index (χ4v) is 2.58. The first kappa shape index (κ1) is 15.4. The van der Waals surface area contributed by atoms with Gasteiger partial charge < -0.3 is 0 Å². The van der Waals surface area contributed by atoms with E-state index in [0.29, 0.717) is 10.9 Å². The van der Waals surface area contributed by atoms with Crippen molar-refractivity contribution in [2.45, 2.75) is 46.0 Å². The highest BCUT2D eigenvalue weighted by molar-refractivity contribution is 9.10. The summed E-state index contributed by atoms with van der Waals surface area (Å²) >= 11 is 3.21. The zero-order chi connectivity index (χ0) is 13.5. The van der Waals surface area contributed by atoms with Crippen LogP contribution in [0.2, 0.25) is 0 Å². The Hall–Kier alpha value is -0.700. The Kier molecular flexibility index (Phi) is 6.55. The van der Waals surface area contributed by atoms with E-state index in [-0.39, 0.29) is 17.5 Å². The summed E-state index contributed by atoms with van der Waals surface area (Å²) in [5.74, 6) is 0.0444. The third-order valence-corrected chi connectivity index (χ3v) is 4.01. The van der Waals surface area contributed by atoms with E-state index in [1.807, 2.05) is 0 Å². The van der Waals surface area contributed by atoms with Gasteiger partial charge in [-0.15, -0.1) is 0 Å². The van der Waals surface area contributed by atoms with E-state index in [1.54, 1.807) is 12.1 Å². The van der Waals surface area contributed by atoms with E-state index in [9.17, 15) is 9.18 Å². The predicted octanol–water partition coefficient (Wildman–Crippen LogP) is 4.92. The molecule has 0 aliphatic carbocycles. The monoisotopic (exact) mass is 314 g/mol. The van der Waals surface area contributed by atoms with Crippen molar-refractivity contribution in [3.63, 3.8) is 0 Å². The lowest BCUT2D eigenvalue weighted by Crippen LogP contribution is -2.17. The van der Waals surface area contributed by atoms with Gasteiger partial charge in [-0.1, -0.05) is 38.8 Å². The van der Waals surface area contributed by atoms with Crippen molar-refractivity contribution in [2.75, 3.05) is 0 Å². The largest absolute Gasteiger partial charge is 0.299 e. The second-order valence-corrected chi connectivity index (χ2v) is 5.42. The summed E-state index contributed by atoms with van der Waals surface area (Å²) in [6.45, 7) is 4.18. The zero-order valence-electron chi connectivity index (χ0n) is 11.0. The normalized spacial score (nSPS) is 10.9. The maximum atomic E-state index is 13.4. The van der Waals surface area contributed by atoms with Crippen molar-refractivity contribution >= 4 is 21.7 Å². The molecular formula is C15H20BrFO. The van der Waals surface area contributed by atoms with E-state index < -0.39 is 0 Å². The number of hydrogen-bond donors (Lipinski definition) is 0. The van der Waals surface area contributed by atoms with Crippen LogP contribution in [0, 0.1) is 11.7 Å². The Morgan fingerprint density at radius 1 is 1.28 bits per heavy atom. The maximum Gasteiger partial charge on any atom is 0.140 e. The van der Waals surface area contributed by atoms with Gasteiger partial charge >= 0.3 is 0 Å². The van der Waals surface area contributed by atoms with Crippen LogP contribution in [-0.2, 0) is 11.2 Å². The minimum absolute atomic E-state index is 0.121.